The quantitative estimate of drug-likeness (QED) is 0.641. The van der Waals surface area contributed by atoms with Crippen LogP contribution in [0.25, 0.3) is 0 Å². The monoisotopic (exact) mass is 307 g/mol. The van der Waals surface area contributed by atoms with Gasteiger partial charge in [0.15, 0.2) is 0 Å². The predicted molar refractivity (Wildman–Crippen MR) is 73.7 cm³/mol. The average molecular weight is 307 g/mol. The highest BCUT2D eigenvalue weighted by molar-refractivity contribution is 7.86. The molecular weight excluding hydrogens is 294 g/mol. The van der Waals surface area contributed by atoms with Gasteiger partial charge in [0.05, 0.1) is 0 Å². The molecule has 0 bridgehead atoms. The van der Waals surface area contributed by atoms with Crippen LogP contribution in [0.3, 0.4) is 0 Å². The van der Waals surface area contributed by atoms with Gasteiger partial charge in [0.2, 0.25) is 5.71 Å². The maximum absolute atomic E-state index is 11.9. The largest absolute Gasteiger partial charge is 0.358 e. The standard InChI is InChI=1S/C13H13N3O4S/c1-9-2-6-11(7-3-9)21(18,19)20-16-12(8-14)13(17)15-10-4-5-10/h2-3,6-7,10H,4-5H2,1H3,(H,15,17)/b16-12+. The number of nitrogens with one attached hydrogen (secondary N) is 1. The van der Waals surface area contributed by atoms with Crippen LogP contribution in [0.5, 0.6) is 0 Å². The van der Waals surface area contributed by atoms with Gasteiger partial charge in [-0.3, -0.25) is 9.08 Å². The van der Waals surface area contributed by atoms with E-state index in [-0.39, 0.29) is 10.9 Å². The molecule has 0 atom stereocenters. The van der Waals surface area contributed by atoms with Gasteiger partial charge in [0, 0.05) is 6.04 Å². The molecular formula is C13H13N3O4S. The molecule has 1 aromatic carbocycles. The molecule has 1 aromatic rings. The zero-order chi connectivity index (χ0) is 15.5. The van der Waals surface area contributed by atoms with Gasteiger partial charge in [-0.15, -0.1) is 0 Å². The van der Waals surface area contributed by atoms with Crippen LogP contribution >= 0.6 is 0 Å². The normalized spacial score (nSPS) is 15.1. The van der Waals surface area contributed by atoms with Crippen molar-refractivity contribution in [1.82, 2.24) is 5.32 Å². The number of nitriles is 1. The summed E-state index contributed by atoms with van der Waals surface area (Å²) in [6.07, 6.45) is 1.68. The second kappa shape index (κ2) is 5.93. The molecule has 0 aromatic heterocycles. The molecule has 1 fully saturated rings. The van der Waals surface area contributed by atoms with Crippen molar-refractivity contribution in [2.24, 2.45) is 5.16 Å². The zero-order valence-electron chi connectivity index (χ0n) is 11.2. The van der Waals surface area contributed by atoms with Gasteiger partial charge in [-0.05, 0) is 37.1 Å². The van der Waals surface area contributed by atoms with Crippen LogP contribution in [0.1, 0.15) is 18.4 Å². The lowest BCUT2D eigenvalue weighted by Crippen LogP contribution is -2.32. The number of rotatable bonds is 5. The number of nitrogens with zero attached hydrogens (tertiary/aromatic N) is 2. The number of hydrogen-bond donors (Lipinski definition) is 1. The minimum Gasteiger partial charge on any atom is -0.347 e. The van der Waals surface area contributed by atoms with E-state index in [1.54, 1.807) is 12.1 Å². The van der Waals surface area contributed by atoms with E-state index in [1.165, 1.54) is 18.2 Å². The van der Waals surface area contributed by atoms with Gasteiger partial charge >= 0.3 is 10.1 Å². The number of amides is 1. The lowest BCUT2D eigenvalue weighted by Gasteiger charge is -2.03. The summed E-state index contributed by atoms with van der Waals surface area (Å²) >= 11 is 0. The topological polar surface area (TPSA) is 109 Å². The maximum atomic E-state index is 11.9. The van der Waals surface area contributed by atoms with E-state index in [4.69, 9.17) is 5.26 Å². The van der Waals surface area contributed by atoms with Gasteiger partial charge in [-0.2, -0.15) is 13.7 Å². The van der Waals surface area contributed by atoms with Crippen molar-refractivity contribution in [1.29, 1.82) is 5.26 Å². The van der Waals surface area contributed by atoms with Crippen LogP contribution in [-0.2, 0) is 19.2 Å². The number of aryl methyl sites for hydroxylation is 1. The molecule has 21 heavy (non-hydrogen) atoms. The van der Waals surface area contributed by atoms with Crippen molar-refractivity contribution >= 4 is 21.7 Å². The summed E-state index contributed by atoms with van der Waals surface area (Å²) < 4.78 is 28.1. The summed E-state index contributed by atoms with van der Waals surface area (Å²) in [5, 5.41) is 14.5. The molecule has 7 nitrogen and oxygen atoms in total. The molecule has 1 saturated carbocycles. The maximum Gasteiger partial charge on any atom is 0.358 e. The molecule has 1 aliphatic rings. The fourth-order valence-electron chi connectivity index (χ4n) is 1.43. The summed E-state index contributed by atoms with van der Waals surface area (Å²) in [6.45, 7) is 1.81. The van der Waals surface area contributed by atoms with E-state index in [0.717, 1.165) is 18.4 Å². The Bertz CT molecular complexity index is 713. The van der Waals surface area contributed by atoms with Crippen molar-refractivity contribution in [2.45, 2.75) is 30.7 Å². The molecule has 2 rings (SSSR count). The second-order valence-electron chi connectivity index (χ2n) is 4.64. The summed E-state index contributed by atoms with van der Waals surface area (Å²) in [7, 11) is -4.15. The lowest BCUT2D eigenvalue weighted by molar-refractivity contribution is -0.114. The van der Waals surface area contributed by atoms with E-state index in [0.29, 0.717) is 0 Å². The second-order valence-corrected chi connectivity index (χ2v) is 6.17. The fourth-order valence-corrected chi connectivity index (χ4v) is 2.16. The molecule has 0 heterocycles. The molecule has 1 N–H and O–H groups in total. The number of carbonyl (C=O) groups excluding carboxylic acids is 1. The smallest absolute Gasteiger partial charge is 0.347 e. The molecule has 8 heteroatoms. The predicted octanol–water partition coefficient (Wildman–Crippen LogP) is 0.859. The van der Waals surface area contributed by atoms with E-state index >= 15 is 0 Å². The minimum absolute atomic E-state index is 0.0322. The number of hydrogen-bond acceptors (Lipinski definition) is 6. The summed E-state index contributed by atoms with van der Waals surface area (Å²) in [4.78, 5) is 11.5. The highest BCUT2D eigenvalue weighted by Gasteiger charge is 2.26. The summed E-state index contributed by atoms with van der Waals surface area (Å²) in [6, 6.07) is 7.47. The Morgan fingerprint density at radius 1 is 1.38 bits per heavy atom. The van der Waals surface area contributed by atoms with Crippen LogP contribution in [-0.4, -0.2) is 26.1 Å². The summed E-state index contributed by atoms with van der Waals surface area (Å²) in [5.74, 6) is -0.737. The van der Waals surface area contributed by atoms with Gasteiger partial charge < -0.3 is 5.32 Å². The third-order valence-electron chi connectivity index (χ3n) is 2.77. The van der Waals surface area contributed by atoms with Crippen molar-refractivity contribution in [3.63, 3.8) is 0 Å². The Labute approximate surface area is 122 Å². The zero-order valence-corrected chi connectivity index (χ0v) is 12.1. The van der Waals surface area contributed by atoms with Crippen LogP contribution in [0.2, 0.25) is 0 Å². The molecule has 0 radical (unpaired) electrons. The van der Waals surface area contributed by atoms with Crippen molar-refractivity contribution in [3.8, 4) is 6.07 Å². The first-order valence-corrected chi connectivity index (χ1v) is 7.62. The Morgan fingerprint density at radius 2 is 2.00 bits per heavy atom. The fraction of sp³-hybridized carbons (Fsp3) is 0.308. The Kier molecular flexibility index (Phi) is 4.23. The van der Waals surface area contributed by atoms with E-state index in [9.17, 15) is 13.2 Å². The van der Waals surface area contributed by atoms with Crippen molar-refractivity contribution in [3.05, 3.63) is 29.8 Å². The highest BCUT2D eigenvalue weighted by atomic mass is 32.2. The van der Waals surface area contributed by atoms with Gasteiger partial charge in [0.1, 0.15) is 11.0 Å². The van der Waals surface area contributed by atoms with E-state index in [2.05, 4.69) is 14.8 Å². The SMILES string of the molecule is Cc1ccc(S(=O)(=O)O/N=C(\C#N)C(=O)NC2CC2)cc1. The molecule has 1 amide bonds. The average Bonchev–Trinajstić information content (AvgIpc) is 3.23. The Balaban J connectivity index is 2.11. The molecule has 0 aliphatic heterocycles. The number of oxime groups is 1. The van der Waals surface area contributed by atoms with Crippen LogP contribution in [0.15, 0.2) is 34.3 Å². The Hall–Kier alpha value is -2.40. The molecule has 0 unspecified atom stereocenters. The first kappa shape index (κ1) is 15.0. The van der Waals surface area contributed by atoms with E-state index < -0.39 is 21.7 Å². The lowest BCUT2D eigenvalue weighted by atomic mass is 10.2. The number of carbonyl (C=O) groups is 1. The first-order chi connectivity index (χ1) is 9.92. The minimum atomic E-state index is -4.15. The number of benzene rings is 1. The Morgan fingerprint density at radius 3 is 2.52 bits per heavy atom. The molecule has 1 aliphatic carbocycles. The van der Waals surface area contributed by atoms with Gasteiger partial charge in [0.25, 0.3) is 5.91 Å². The van der Waals surface area contributed by atoms with Gasteiger partial charge in [-0.1, -0.05) is 17.7 Å². The third-order valence-corrected chi connectivity index (χ3v) is 3.89. The van der Waals surface area contributed by atoms with Gasteiger partial charge in [-0.25, -0.2) is 0 Å². The van der Waals surface area contributed by atoms with E-state index in [1.807, 2.05) is 6.92 Å². The molecule has 110 valence electrons. The van der Waals surface area contributed by atoms with Crippen LogP contribution < -0.4 is 5.32 Å². The highest BCUT2D eigenvalue weighted by Crippen LogP contribution is 2.18. The van der Waals surface area contributed by atoms with Crippen LogP contribution in [0.4, 0.5) is 0 Å². The molecule has 0 spiro atoms. The third kappa shape index (κ3) is 4.03. The first-order valence-electron chi connectivity index (χ1n) is 6.21. The molecule has 0 saturated heterocycles. The van der Waals surface area contributed by atoms with Crippen molar-refractivity contribution < 1.29 is 17.5 Å². The van der Waals surface area contributed by atoms with Crippen molar-refractivity contribution in [2.75, 3.05) is 0 Å². The van der Waals surface area contributed by atoms with Crippen LogP contribution in [0, 0.1) is 18.3 Å². The summed E-state index contributed by atoms with van der Waals surface area (Å²) in [5.41, 5.74) is 0.261.